The predicted octanol–water partition coefficient (Wildman–Crippen LogP) is 2.19. The van der Waals surface area contributed by atoms with E-state index in [2.05, 4.69) is 9.72 Å². The van der Waals surface area contributed by atoms with E-state index in [0.717, 1.165) is 17.0 Å². The van der Waals surface area contributed by atoms with Gasteiger partial charge in [0.15, 0.2) is 0 Å². The minimum atomic E-state index is -4.09. The van der Waals surface area contributed by atoms with Crippen LogP contribution in [-0.2, 0) is 30.8 Å². The Balaban J connectivity index is 2.50. The highest BCUT2D eigenvalue weighted by Crippen LogP contribution is 2.21. The summed E-state index contributed by atoms with van der Waals surface area (Å²) in [5.41, 5.74) is 0.975. The Labute approximate surface area is 168 Å². The molecule has 0 radical (unpaired) electrons. The third kappa shape index (κ3) is 5.06. The van der Waals surface area contributed by atoms with Crippen LogP contribution in [0.3, 0.4) is 0 Å². The molecule has 8 nitrogen and oxygen atoms in total. The van der Waals surface area contributed by atoms with Crippen molar-refractivity contribution in [2.45, 2.75) is 18.4 Å². The van der Waals surface area contributed by atoms with Crippen LogP contribution in [0.2, 0.25) is 5.15 Å². The van der Waals surface area contributed by atoms with Gasteiger partial charge in [-0.3, -0.25) is 4.79 Å². The number of ether oxygens (including phenoxy) is 2. The molecule has 1 aromatic heterocycles. The van der Waals surface area contributed by atoms with Gasteiger partial charge in [-0.05, 0) is 31.2 Å². The van der Waals surface area contributed by atoms with Crippen LogP contribution in [0.1, 0.15) is 21.6 Å². The van der Waals surface area contributed by atoms with Gasteiger partial charge in [0.05, 0.1) is 36.9 Å². The van der Waals surface area contributed by atoms with Gasteiger partial charge in [-0.15, -0.1) is 0 Å². The third-order valence-electron chi connectivity index (χ3n) is 3.86. The second kappa shape index (κ2) is 9.13. The highest BCUT2D eigenvalue weighted by atomic mass is 35.5. The van der Waals surface area contributed by atoms with Crippen LogP contribution in [0.5, 0.6) is 0 Å². The topological polar surface area (TPSA) is 103 Å². The first-order valence-electron chi connectivity index (χ1n) is 8.06. The molecule has 0 aliphatic rings. The average molecular weight is 427 g/mol. The lowest BCUT2D eigenvalue weighted by Crippen LogP contribution is -2.36. The number of sulfonamides is 1. The summed E-state index contributed by atoms with van der Waals surface area (Å²) in [5.74, 6) is -1.47. The molecule has 0 atom stereocenters. The Morgan fingerprint density at radius 3 is 2.29 bits per heavy atom. The zero-order valence-electron chi connectivity index (χ0n) is 15.5. The quantitative estimate of drug-likeness (QED) is 0.493. The Hall–Kier alpha value is -2.49. The second-order valence-electron chi connectivity index (χ2n) is 5.78. The molecule has 2 rings (SSSR count). The highest BCUT2D eigenvalue weighted by molar-refractivity contribution is 7.89. The number of aryl methyl sites for hydroxylation is 1. The number of methoxy groups -OCH3 is 2. The first-order valence-corrected chi connectivity index (χ1v) is 9.88. The molecule has 0 aliphatic heterocycles. The van der Waals surface area contributed by atoms with E-state index in [9.17, 15) is 18.0 Å². The molecule has 0 N–H and O–H groups in total. The summed E-state index contributed by atoms with van der Waals surface area (Å²) in [4.78, 5) is 27.8. The number of halogens is 1. The van der Waals surface area contributed by atoms with E-state index in [4.69, 9.17) is 16.3 Å². The van der Waals surface area contributed by atoms with Gasteiger partial charge in [0.1, 0.15) is 11.7 Å². The summed E-state index contributed by atoms with van der Waals surface area (Å²) in [7, 11) is -1.75. The van der Waals surface area contributed by atoms with Crippen molar-refractivity contribution in [3.05, 3.63) is 58.4 Å². The Morgan fingerprint density at radius 2 is 1.71 bits per heavy atom. The maximum atomic E-state index is 13.1. The number of pyridine rings is 1. The van der Waals surface area contributed by atoms with Gasteiger partial charge in [0.25, 0.3) is 0 Å². The van der Waals surface area contributed by atoms with Crippen molar-refractivity contribution in [3.63, 3.8) is 0 Å². The van der Waals surface area contributed by atoms with Gasteiger partial charge in [0, 0.05) is 0 Å². The SMILES string of the molecule is COC(=O)CN(Cc1nc(Cl)ccc1C(=O)OC)S(=O)(=O)c1ccc(C)cc1. The Morgan fingerprint density at radius 1 is 1.07 bits per heavy atom. The van der Waals surface area contributed by atoms with Crippen LogP contribution in [0, 0.1) is 6.92 Å². The van der Waals surface area contributed by atoms with E-state index in [-0.39, 0.29) is 27.9 Å². The monoisotopic (exact) mass is 426 g/mol. The van der Waals surface area contributed by atoms with E-state index >= 15 is 0 Å². The lowest BCUT2D eigenvalue weighted by Gasteiger charge is -2.22. The fourth-order valence-electron chi connectivity index (χ4n) is 2.35. The number of carbonyl (C=O) groups excluding carboxylic acids is 2. The van der Waals surface area contributed by atoms with Crippen molar-refractivity contribution in [3.8, 4) is 0 Å². The molecule has 0 saturated heterocycles. The summed E-state index contributed by atoms with van der Waals surface area (Å²) < 4.78 is 36.3. The second-order valence-corrected chi connectivity index (χ2v) is 8.11. The number of hydrogen-bond donors (Lipinski definition) is 0. The lowest BCUT2D eigenvalue weighted by molar-refractivity contribution is -0.140. The van der Waals surface area contributed by atoms with E-state index in [1.165, 1.54) is 31.4 Å². The molecule has 1 heterocycles. The summed E-state index contributed by atoms with van der Waals surface area (Å²) in [6.07, 6.45) is 0. The third-order valence-corrected chi connectivity index (χ3v) is 5.88. The predicted molar refractivity (Wildman–Crippen MR) is 101 cm³/mol. The van der Waals surface area contributed by atoms with Gasteiger partial charge >= 0.3 is 11.9 Å². The van der Waals surface area contributed by atoms with Crippen LogP contribution in [0.4, 0.5) is 0 Å². The smallest absolute Gasteiger partial charge is 0.339 e. The summed E-state index contributed by atoms with van der Waals surface area (Å²) in [6, 6.07) is 8.91. The molecule has 0 bridgehead atoms. The number of aromatic nitrogens is 1. The van der Waals surface area contributed by atoms with E-state index < -0.39 is 28.5 Å². The Kier molecular flexibility index (Phi) is 7.11. The highest BCUT2D eigenvalue weighted by Gasteiger charge is 2.29. The van der Waals surface area contributed by atoms with Crippen LogP contribution in [0.25, 0.3) is 0 Å². The zero-order chi connectivity index (χ0) is 20.9. The Bertz CT molecular complexity index is 976. The molecule has 0 spiro atoms. The van der Waals surface area contributed by atoms with Crippen LogP contribution in [0.15, 0.2) is 41.3 Å². The number of rotatable bonds is 7. The summed E-state index contributed by atoms with van der Waals surface area (Å²) in [6.45, 7) is 0.874. The lowest BCUT2D eigenvalue weighted by atomic mass is 10.2. The van der Waals surface area contributed by atoms with Crippen LogP contribution < -0.4 is 0 Å². The summed E-state index contributed by atoms with van der Waals surface area (Å²) in [5, 5.41) is 0.0633. The average Bonchev–Trinajstić information content (AvgIpc) is 2.67. The molecule has 0 unspecified atom stereocenters. The maximum absolute atomic E-state index is 13.1. The fraction of sp³-hybridized carbons (Fsp3) is 0.278. The zero-order valence-corrected chi connectivity index (χ0v) is 17.1. The molecule has 0 saturated carbocycles. The maximum Gasteiger partial charge on any atom is 0.339 e. The minimum Gasteiger partial charge on any atom is -0.468 e. The largest absolute Gasteiger partial charge is 0.468 e. The van der Waals surface area contributed by atoms with Gasteiger partial charge < -0.3 is 9.47 Å². The molecule has 28 heavy (non-hydrogen) atoms. The number of carbonyl (C=O) groups is 2. The van der Waals surface area contributed by atoms with Crippen molar-refractivity contribution >= 4 is 33.6 Å². The molecule has 0 amide bonds. The first-order chi connectivity index (χ1) is 13.2. The first kappa shape index (κ1) is 21.8. The van der Waals surface area contributed by atoms with E-state index in [1.54, 1.807) is 12.1 Å². The van der Waals surface area contributed by atoms with E-state index in [1.807, 2.05) is 6.92 Å². The van der Waals surface area contributed by atoms with Gasteiger partial charge in [-0.2, -0.15) is 4.31 Å². The molecule has 0 aliphatic carbocycles. The van der Waals surface area contributed by atoms with Crippen molar-refractivity contribution in [2.75, 3.05) is 20.8 Å². The molecule has 150 valence electrons. The minimum absolute atomic E-state index is 0.0105. The number of nitrogens with zero attached hydrogens (tertiary/aromatic N) is 2. The summed E-state index contributed by atoms with van der Waals surface area (Å²) >= 11 is 5.91. The molecule has 1 aromatic carbocycles. The molecule has 0 fully saturated rings. The van der Waals surface area contributed by atoms with Crippen molar-refractivity contribution < 1.29 is 27.5 Å². The van der Waals surface area contributed by atoms with Crippen LogP contribution in [-0.4, -0.2) is 50.4 Å². The normalized spacial score (nSPS) is 11.3. The van der Waals surface area contributed by atoms with Gasteiger partial charge in [-0.25, -0.2) is 18.2 Å². The van der Waals surface area contributed by atoms with Crippen molar-refractivity contribution in [1.29, 1.82) is 0 Å². The number of benzene rings is 1. The standard InChI is InChI=1S/C18H19ClN2O6S/c1-12-4-6-13(7-5-12)28(24,25)21(11-17(22)26-2)10-15-14(18(23)27-3)8-9-16(19)20-15/h4-9H,10-11H2,1-3H3. The van der Waals surface area contributed by atoms with Crippen molar-refractivity contribution in [2.24, 2.45) is 0 Å². The molecule has 2 aromatic rings. The fourth-order valence-corrected chi connectivity index (χ4v) is 3.86. The molecular formula is C18H19ClN2O6S. The van der Waals surface area contributed by atoms with Crippen LogP contribution >= 0.6 is 11.6 Å². The molecular weight excluding hydrogens is 408 g/mol. The number of hydrogen-bond acceptors (Lipinski definition) is 7. The van der Waals surface area contributed by atoms with Gasteiger partial charge in [-0.1, -0.05) is 29.3 Å². The number of esters is 2. The van der Waals surface area contributed by atoms with Gasteiger partial charge in [0.2, 0.25) is 10.0 Å². The van der Waals surface area contributed by atoms with E-state index in [0.29, 0.717) is 0 Å². The van der Waals surface area contributed by atoms with Crippen molar-refractivity contribution in [1.82, 2.24) is 9.29 Å². The molecule has 10 heteroatoms.